The zero-order chi connectivity index (χ0) is 16.8. The van der Waals surface area contributed by atoms with Crippen molar-refractivity contribution in [3.63, 3.8) is 0 Å². The average Bonchev–Trinajstić information content (AvgIpc) is 2.90. The molecule has 1 aromatic carbocycles. The van der Waals surface area contributed by atoms with Crippen molar-refractivity contribution in [2.75, 3.05) is 0 Å². The van der Waals surface area contributed by atoms with Crippen molar-refractivity contribution in [1.29, 1.82) is 0 Å². The average molecular weight is 316 g/mol. The first-order valence-corrected chi connectivity index (χ1v) is 8.05. The van der Waals surface area contributed by atoms with Crippen LogP contribution in [0.4, 0.5) is 0 Å². The normalized spacial score (nSPS) is 12.1. The molecule has 0 aliphatic rings. The highest BCUT2D eigenvalue weighted by molar-refractivity contribution is 5.81. The summed E-state index contributed by atoms with van der Waals surface area (Å²) in [6, 6.07) is 7.81. The third-order valence-electron chi connectivity index (χ3n) is 3.82. The Morgan fingerprint density at radius 2 is 1.96 bits per heavy atom. The number of hydrogen-bond acceptors (Lipinski definition) is 3. The number of rotatable bonds is 7. The molecule has 0 saturated heterocycles. The summed E-state index contributed by atoms with van der Waals surface area (Å²) in [4.78, 5) is 28.3. The number of carbonyl (C=O) groups excluding carboxylic acids is 2. The highest BCUT2D eigenvalue weighted by atomic mass is 16.2. The number of fused-ring (bicyclic) bond motifs is 1. The van der Waals surface area contributed by atoms with E-state index in [1.807, 2.05) is 42.7 Å². The first-order chi connectivity index (χ1) is 11.0. The van der Waals surface area contributed by atoms with Crippen molar-refractivity contribution in [1.82, 2.24) is 20.2 Å². The number of carbonyl (C=O) groups is 2. The van der Waals surface area contributed by atoms with Crippen molar-refractivity contribution in [3.8, 4) is 0 Å². The molecule has 1 aromatic heterocycles. The maximum absolute atomic E-state index is 12.2. The van der Waals surface area contributed by atoms with E-state index in [-0.39, 0.29) is 24.4 Å². The molecular weight excluding hydrogens is 292 g/mol. The zero-order valence-corrected chi connectivity index (χ0v) is 13.9. The minimum absolute atomic E-state index is 0.0346. The standard InChI is InChI=1S/C17H24N4O2/c1-4-12(3)19-17(23)11-21-14-9-7-6-8-13(14)20-15(21)10-18-16(22)5-2/h6-9,12H,4-5,10-11H2,1-3H3,(H,18,22)(H,19,23). The Hall–Kier alpha value is -2.37. The minimum Gasteiger partial charge on any atom is -0.352 e. The first kappa shape index (κ1) is 17.0. The van der Waals surface area contributed by atoms with Crippen molar-refractivity contribution < 1.29 is 9.59 Å². The van der Waals surface area contributed by atoms with Gasteiger partial charge in [-0.2, -0.15) is 0 Å². The predicted molar refractivity (Wildman–Crippen MR) is 89.8 cm³/mol. The fourth-order valence-electron chi connectivity index (χ4n) is 2.31. The van der Waals surface area contributed by atoms with Gasteiger partial charge in [-0.1, -0.05) is 26.0 Å². The molecule has 0 aliphatic heterocycles. The van der Waals surface area contributed by atoms with Gasteiger partial charge in [0.25, 0.3) is 0 Å². The molecular formula is C17H24N4O2. The van der Waals surface area contributed by atoms with E-state index >= 15 is 0 Å². The van der Waals surface area contributed by atoms with E-state index in [0.717, 1.165) is 17.5 Å². The van der Waals surface area contributed by atoms with Crippen LogP contribution < -0.4 is 10.6 Å². The van der Waals surface area contributed by atoms with Crippen LogP contribution in [0.3, 0.4) is 0 Å². The number of hydrogen-bond donors (Lipinski definition) is 2. The minimum atomic E-state index is -0.0504. The van der Waals surface area contributed by atoms with Crippen LogP contribution in [-0.2, 0) is 22.7 Å². The molecule has 0 radical (unpaired) electrons. The van der Waals surface area contributed by atoms with Crippen molar-refractivity contribution in [2.24, 2.45) is 0 Å². The fraction of sp³-hybridized carbons (Fsp3) is 0.471. The fourth-order valence-corrected chi connectivity index (χ4v) is 2.31. The van der Waals surface area contributed by atoms with Gasteiger partial charge in [0.05, 0.1) is 17.6 Å². The SMILES string of the molecule is CCC(=O)NCc1nc2ccccc2n1CC(=O)NC(C)CC. The van der Waals surface area contributed by atoms with E-state index in [1.165, 1.54) is 0 Å². The number of imidazole rings is 1. The van der Waals surface area contributed by atoms with Crippen LogP contribution in [0.25, 0.3) is 11.0 Å². The lowest BCUT2D eigenvalue weighted by Gasteiger charge is -2.14. The summed E-state index contributed by atoms with van der Waals surface area (Å²) >= 11 is 0. The molecule has 0 saturated carbocycles. The van der Waals surface area contributed by atoms with Gasteiger partial charge >= 0.3 is 0 Å². The van der Waals surface area contributed by atoms with Gasteiger partial charge in [0, 0.05) is 12.5 Å². The number of para-hydroxylation sites is 2. The van der Waals surface area contributed by atoms with Gasteiger partial charge in [-0.25, -0.2) is 4.98 Å². The molecule has 2 amide bonds. The molecule has 0 bridgehead atoms. The smallest absolute Gasteiger partial charge is 0.240 e. The predicted octanol–water partition coefficient (Wildman–Crippen LogP) is 1.98. The van der Waals surface area contributed by atoms with Crippen LogP contribution in [0, 0.1) is 0 Å². The highest BCUT2D eigenvalue weighted by Crippen LogP contribution is 2.16. The molecule has 1 unspecified atom stereocenters. The van der Waals surface area contributed by atoms with E-state index in [9.17, 15) is 9.59 Å². The van der Waals surface area contributed by atoms with Crippen LogP contribution in [0.5, 0.6) is 0 Å². The molecule has 6 heteroatoms. The largest absolute Gasteiger partial charge is 0.352 e. The topological polar surface area (TPSA) is 76.0 Å². The Morgan fingerprint density at radius 3 is 2.65 bits per heavy atom. The number of aromatic nitrogens is 2. The molecule has 23 heavy (non-hydrogen) atoms. The summed E-state index contributed by atoms with van der Waals surface area (Å²) in [5.41, 5.74) is 1.72. The van der Waals surface area contributed by atoms with Gasteiger partial charge < -0.3 is 15.2 Å². The Kier molecular flexibility index (Phi) is 5.73. The molecule has 2 N–H and O–H groups in total. The van der Waals surface area contributed by atoms with Gasteiger partial charge in [0.1, 0.15) is 12.4 Å². The number of benzene rings is 1. The second-order valence-electron chi connectivity index (χ2n) is 5.61. The quantitative estimate of drug-likeness (QED) is 0.820. The van der Waals surface area contributed by atoms with Crippen LogP contribution in [0.1, 0.15) is 39.4 Å². The molecule has 2 aromatic rings. The number of amides is 2. The van der Waals surface area contributed by atoms with Crippen LogP contribution >= 0.6 is 0 Å². The van der Waals surface area contributed by atoms with Gasteiger partial charge in [-0.15, -0.1) is 0 Å². The van der Waals surface area contributed by atoms with E-state index in [2.05, 4.69) is 15.6 Å². The third-order valence-corrected chi connectivity index (χ3v) is 3.82. The Balaban J connectivity index is 2.24. The molecule has 1 atom stereocenters. The lowest BCUT2D eigenvalue weighted by Crippen LogP contribution is -2.35. The summed E-state index contributed by atoms with van der Waals surface area (Å²) in [5.74, 6) is 0.602. The highest BCUT2D eigenvalue weighted by Gasteiger charge is 2.14. The Labute approximate surface area is 136 Å². The Bertz CT molecular complexity index is 693. The number of nitrogens with one attached hydrogen (secondary N) is 2. The third kappa shape index (κ3) is 4.31. The lowest BCUT2D eigenvalue weighted by atomic mass is 10.2. The van der Waals surface area contributed by atoms with Gasteiger partial charge in [0.2, 0.25) is 11.8 Å². The molecule has 0 spiro atoms. The van der Waals surface area contributed by atoms with Crippen LogP contribution in [0.15, 0.2) is 24.3 Å². The summed E-state index contributed by atoms with van der Waals surface area (Å²) in [6.07, 6.45) is 1.31. The molecule has 0 fully saturated rings. The van der Waals surface area contributed by atoms with Gasteiger partial charge in [0.15, 0.2) is 0 Å². The maximum Gasteiger partial charge on any atom is 0.240 e. The zero-order valence-electron chi connectivity index (χ0n) is 13.9. The van der Waals surface area contributed by atoms with Crippen molar-refractivity contribution in [3.05, 3.63) is 30.1 Å². The Morgan fingerprint density at radius 1 is 1.22 bits per heavy atom. The molecule has 2 rings (SSSR count). The lowest BCUT2D eigenvalue weighted by molar-refractivity contribution is -0.122. The maximum atomic E-state index is 12.2. The monoisotopic (exact) mass is 316 g/mol. The molecule has 1 heterocycles. The second kappa shape index (κ2) is 7.76. The second-order valence-corrected chi connectivity index (χ2v) is 5.61. The van der Waals surface area contributed by atoms with Crippen LogP contribution in [0.2, 0.25) is 0 Å². The number of nitrogens with zero attached hydrogens (tertiary/aromatic N) is 2. The first-order valence-electron chi connectivity index (χ1n) is 8.05. The van der Waals surface area contributed by atoms with Gasteiger partial charge in [-0.05, 0) is 25.5 Å². The molecule has 6 nitrogen and oxygen atoms in total. The summed E-state index contributed by atoms with van der Waals surface area (Å²) in [7, 11) is 0. The van der Waals surface area contributed by atoms with E-state index < -0.39 is 0 Å². The van der Waals surface area contributed by atoms with Crippen molar-refractivity contribution >= 4 is 22.8 Å². The summed E-state index contributed by atoms with van der Waals surface area (Å²) in [5, 5.41) is 5.78. The summed E-state index contributed by atoms with van der Waals surface area (Å²) in [6.45, 7) is 6.33. The van der Waals surface area contributed by atoms with E-state index in [1.54, 1.807) is 6.92 Å². The summed E-state index contributed by atoms with van der Waals surface area (Å²) < 4.78 is 1.86. The van der Waals surface area contributed by atoms with E-state index in [0.29, 0.717) is 18.8 Å². The van der Waals surface area contributed by atoms with Gasteiger partial charge in [-0.3, -0.25) is 9.59 Å². The molecule has 124 valence electrons. The van der Waals surface area contributed by atoms with E-state index in [4.69, 9.17) is 0 Å². The van der Waals surface area contributed by atoms with Crippen LogP contribution in [-0.4, -0.2) is 27.4 Å². The molecule has 0 aliphatic carbocycles. The van der Waals surface area contributed by atoms with Crippen molar-refractivity contribution in [2.45, 2.75) is 52.7 Å².